The molecule has 0 saturated carbocycles. The van der Waals surface area contributed by atoms with Crippen molar-refractivity contribution in [1.29, 1.82) is 0 Å². The van der Waals surface area contributed by atoms with Crippen molar-refractivity contribution >= 4 is 28.9 Å². The highest BCUT2D eigenvalue weighted by atomic mass is 19.4. The highest BCUT2D eigenvalue weighted by Crippen LogP contribution is 2.40. The van der Waals surface area contributed by atoms with Crippen LogP contribution in [0.15, 0.2) is 47.3 Å². The van der Waals surface area contributed by atoms with Gasteiger partial charge in [-0.3, -0.25) is 14.2 Å². The maximum atomic E-state index is 15.1. The number of unbranched alkanes of at least 4 members (excludes halogenated alkanes) is 4. The number of esters is 1. The summed E-state index contributed by atoms with van der Waals surface area (Å²) >= 11 is 0. The second kappa shape index (κ2) is 16.0. The summed E-state index contributed by atoms with van der Waals surface area (Å²) in [6.07, 6.45) is -1.21. The number of aromatic nitrogens is 3. The number of halogens is 5. The van der Waals surface area contributed by atoms with Gasteiger partial charge in [0.2, 0.25) is 5.95 Å². The molecule has 0 fully saturated rings. The maximum Gasteiger partial charge on any atom is 0.491 e. The zero-order valence-electron chi connectivity index (χ0n) is 26.5. The molecule has 0 bridgehead atoms. The van der Waals surface area contributed by atoms with Crippen LogP contribution in [0.4, 0.5) is 27.9 Å². The average Bonchev–Trinajstić information content (AvgIpc) is 3.05. The van der Waals surface area contributed by atoms with Gasteiger partial charge in [0.15, 0.2) is 11.4 Å². The second-order valence-electron chi connectivity index (χ2n) is 11.1. The fourth-order valence-electron chi connectivity index (χ4n) is 5.06. The number of nitrogens with zero attached hydrogens (tertiary/aromatic N) is 3. The molecule has 1 amide bonds. The summed E-state index contributed by atoms with van der Waals surface area (Å²) in [5, 5.41) is 24.5. The Kier molecular flexibility index (Phi) is 12.0. The molecular weight excluding hydrogens is 657 g/mol. The molecule has 0 radical (unpaired) electrons. The van der Waals surface area contributed by atoms with E-state index in [-0.39, 0.29) is 28.8 Å². The van der Waals surface area contributed by atoms with Gasteiger partial charge in [-0.1, -0.05) is 44.7 Å². The van der Waals surface area contributed by atoms with E-state index < -0.39 is 83.1 Å². The van der Waals surface area contributed by atoms with Gasteiger partial charge in [-0.25, -0.2) is 18.6 Å². The number of pyridine rings is 1. The standard InChI is InChI=1S/C33H34F5N5O6/c1-3-4-5-6-7-15-39-30(47)21-12-11-18(2)25(28(21)49-31(48)33(36,37)38)26-20-13-14-24(46)43(27-22(34)9-8-10-23(27)35)29(20)42-32(41-26)40-19(16-44)17-45/h8-14,19,44-45H,3-7,15-17H2,1-2H3,(H,39,47)(H,40,41,42). The Bertz CT molecular complexity index is 1870. The SMILES string of the molecule is CCCCCCCNC(=O)c1ccc(C)c(-c2nc(NC(CO)CO)nc3c2ccc(=O)n3-c2c(F)cccc2F)c1OC(=O)C(F)(F)F. The molecule has 0 aliphatic carbocycles. The third-order valence-corrected chi connectivity index (χ3v) is 7.53. The molecule has 11 nitrogen and oxygen atoms in total. The Labute approximate surface area is 276 Å². The number of fused-ring (bicyclic) bond motifs is 1. The van der Waals surface area contributed by atoms with Gasteiger partial charge < -0.3 is 25.6 Å². The molecule has 0 saturated heterocycles. The first-order valence-corrected chi connectivity index (χ1v) is 15.4. The first-order chi connectivity index (χ1) is 23.3. The van der Waals surface area contributed by atoms with Crippen LogP contribution in [0.1, 0.15) is 54.9 Å². The minimum Gasteiger partial charge on any atom is -0.418 e. The molecule has 2 aromatic carbocycles. The number of alkyl halides is 3. The molecule has 4 N–H and O–H groups in total. The summed E-state index contributed by atoms with van der Waals surface area (Å²) in [6.45, 7) is 2.33. The number of aryl methyl sites for hydroxylation is 1. The van der Waals surface area contributed by atoms with Gasteiger partial charge in [0.05, 0.1) is 30.5 Å². The molecule has 4 rings (SSSR count). The smallest absolute Gasteiger partial charge is 0.418 e. The van der Waals surface area contributed by atoms with Crippen LogP contribution < -0.4 is 20.9 Å². The van der Waals surface area contributed by atoms with Crippen molar-refractivity contribution in [2.75, 3.05) is 25.1 Å². The predicted molar refractivity (Wildman–Crippen MR) is 170 cm³/mol. The number of benzene rings is 2. The van der Waals surface area contributed by atoms with Gasteiger partial charge >= 0.3 is 12.1 Å². The molecule has 2 heterocycles. The van der Waals surface area contributed by atoms with Crippen molar-refractivity contribution in [3.63, 3.8) is 0 Å². The minimum absolute atomic E-state index is 0.141. The average molecular weight is 692 g/mol. The number of ether oxygens (including phenoxy) is 1. The molecule has 2 aromatic heterocycles. The summed E-state index contributed by atoms with van der Waals surface area (Å²) in [5.74, 6) is -7.08. The van der Waals surface area contributed by atoms with Crippen LogP contribution in [-0.4, -0.2) is 68.6 Å². The van der Waals surface area contributed by atoms with E-state index in [1.807, 2.05) is 6.92 Å². The highest BCUT2D eigenvalue weighted by Gasteiger charge is 2.42. The number of aliphatic hydroxyl groups is 2. The number of hydrogen-bond donors (Lipinski definition) is 4. The Balaban J connectivity index is 2.03. The molecule has 0 aliphatic heterocycles. The predicted octanol–water partition coefficient (Wildman–Crippen LogP) is 4.97. The largest absolute Gasteiger partial charge is 0.491 e. The lowest BCUT2D eigenvalue weighted by atomic mass is 9.97. The van der Waals surface area contributed by atoms with E-state index in [4.69, 9.17) is 4.74 Å². The number of para-hydroxylation sites is 1. The van der Waals surface area contributed by atoms with Crippen molar-refractivity contribution in [3.05, 3.63) is 75.6 Å². The number of rotatable bonds is 14. The summed E-state index contributed by atoms with van der Waals surface area (Å²) in [4.78, 5) is 47.4. The summed E-state index contributed by atoms with van der Waals surface area (Å²) < 4.78 is 76.3. The lowest BCUT2D eigenvalue weighted by Crippen LogP contribution is -2.31. The normalized spacial score (nSPS) is 11.6. The topological polar surface area (TPSA) is 156 Å². The van der Waals surface area contributed by atoms with Crippen LogP contribution in [0.5, 0.6) is 5.75 Å². The Morgan fingerprint density at radius 1 is 0.959 bits per heavy atom. The van der Waals surface area contributed by atoms with E-state index in [0.29, 0.717) is 11.0 Å². The van der Waals surface area contributed by atoms with E-state index in [2.05, 4.69) is 20.6 Å². The summed E-state index contributed by atoms with van der Waals surface area (Å²) in [6, 6.07) is 6.37. The highest BCUT2D eigenvalue weighted by molar-refractivity contribution is 6.03. The van der Waals surface area contributed by atoms with E-state index in [1.54, 1.807) is 0 Å². The van der Waals surface area contributed by atoms with Crippen molar-refractivity contribution in [2.24, 2.45) is 0 Å². The van der Waals surface area contributed by atoms with Crippen LogP contribution >= 0.6 is 0 Å². The molecule has 262 valence electrons. The first kappa shape index (κ1) is 36.9. The van der Waals surface area contributed by atoms with Gasteiger partial charge in [-0.15, -0.1) is 0 Å². The van der Waals surface area contributed by atoms with E-state index in [0.717, 1.165) is 56.0 Å². The van der Waals surface area contributed by atoms with Crippen molar-refractivity contribution in [2.45, 2.75) is 58.2 Å². The van der Waals surface area contributed by atoms with Crippen LogP contribution in [0.2, 0.25) is 0 Å². The first-order valence-electron chi connectivity index (χ1n) is 15.4. The molecule has 49 heavy (non-hydrogen) atoms. The third-order valence-electron chi connectivity index (χ3n) is 7.53. The maximum absolute atomic E-state index is 15.1. The Morgan fingerprint density at radius 3 is 2.27 bits per heavy atom. The quantitative estimate of drug-likeness (QED) is 0.0621. The molecule has 16 heteroatoms. The number of hydrogen-bond acceptors (Lipinski definition) is 9. The Morgan fingerprint density at radius 2 is 1.63 bits per heavy atom. The zero-order chi connectivity index (χ0) is 35.9. The number of nitrogens with one attached hydrogen (secondary N) is 2. The van der Waals surface area contributed by atoms with Crippen molar-refractivity contribution in [3.8, 4) is 22.7 Å². The van der Waals surface area contributed by atoms with Crippen LogP contribution in [0.3, 0.4) is 0 Å². The van der Waals surface area contributed by atoms with Gasteiger partial charge in [0, 0.05) is 23.6 Å². The summed E-state index contributed by atoms with van der Waals surface area (Å²) in [5.41, 5.74) is -3.18. The Hall–Kier alpha value is -4.96. The van der Waals surface area contributed by atoms with Gasteiger partial charge in [-0.2, -0.15) is 18.2 Å². The fourth-order valence-corrected chi connectivity index (χ4v) is 5.06. The fraction of sp³-hybridized carbons (Fsp3) is 0.364. The molecule has 0 atom stereocenters. The van der Waals surface area contributed by atoms with E-state index in [1.165, 1.54) is 19.1 Å². The third kappa shape index (κ3) is 8.37. The molecule has 0 spiro atoms. The lowest BCUT2D eigenvalue weighted by Gasteiger charge is -2.21. The monoisotopic (exact) mass is 691 g/mol. The number of carbonyl (C=O) groups is 2. The molecule has 0 unspecified atom stereocenters. The van der Waals surface area contributed by atoms with Gasteiger partial charge in [0.1, 0.15) is 17.3 Å². The number of aliphatic hydroxyl groups excluding tert-OH is 2. The molecular formula is C33H34F5N5O6. The second-order valence-corrected chi connectivity index (χ2v) is 11.1. The van der Waals surface area contributed by atoms with Gasteiger partial charge in [-0.05, 0) is 43.2 Å². The van der Waals surface area contributed by atoms with Crippen molar-refractivity contribution in [1.82, 2.24) is 19.9 Å². The zero-order valence-corrected chi connectivity index (χ0v) is 26.5. The minimum atomic E-state index is -5.48. The van der Waals surface area contributed by atoms with E-state index in [9.17, 15) is 37.8 Å². The number of anilines is 1. The number of carbonyl (C=O) groups excluding carboxylic acids is 2. The van der Waals surface area contributed by atoms with Crippen LogP contribution in [-0.2, 0) is 4.79 Å². The summed E-state index contributed by atoms with van der Waals surface area (Å²) in [7, 11) is 0. The van der Waals surface area contributed by atoms with E-state index >= 15 is 8.78 Å². The van der Waals surface area contributed by atoms with Crippen molar-refractivity contribution < 1.29 is 46.5 Å². The van der Waals surface area contributed by atoms with Crippen LogP contribution in [0, 0.1) is 18.6 Å². The lowest BCUT2D eigenvalue weighted by molar-refractivity contribution is -0.189. The van der Waals surface area contributed by atoms with Gasteiger partial charge in [0.25, 0.3) is 11.5 Å². The molecule has 0 aliphatic rings. The van der Waals surface area contributed by atoms with Crippen LogP contribution in [0.25, 0.3) is 28.0 Å². The molecule has 4 aromatic rings. The number of amides is 1.